The lowest BCUT2D eigenvalue weighted by molar-refractivity contribution is -0.149. The first-order chi connectivity index (χ1) is 9.54. The number of aliphatic hydroxyl groups excluding tert-OH is 1. The molecule has 1 amide bonds. The summed E-state index contributed by atoms with van der Waals surface area (Å²) in [5.41, 5.74) is -0.681. The summed E-state index contributed by atoms with van der Waals surface area (Å²) in [6.45, 7) is -0.350. The standard InChI is InChI=1S/C11H11N3O5S/c1-19-10(18)7(15)5-12-8(16)6-4-13-11-14(9(6)17)2-3-20-11/h2-4,7,15H,5H2,1H3,(H,12,16). The molecule has 0 saturated carbocycles. The number of ether oxygens (including phenoxy) is 1. The van der Waals surface area contributed by atoms with Crippen molar-refractivity contribution in [1.82, 2.24) is 14.7 Å². The molecular weight excluding hydrogens is 286 g/mol. The number of esters is 1. The van der Waals surface area contributed by atoms with Gasteiger partial charge in [0.05, 0.1) is 13.7 Å². The Balaban J connectivity index is 2.14. The van der Waals surface area contributed by atoms with Gasteiger partial charge in [0, 0.05) is 17.8 Å². The quantitative estimate of drug-likeness (QED) is 0.702. The lowest BCUT2D eigenvalue weighted by Crippen LogP contribution is -2.39. The Morgan fingerprint density at radius 2 is 2.35 bits per heavy atom. The van der Waals surface area contributed by atoms with Crippen molar-refractivity contribution in [3.05, 3.63) is 33.7 Å². The Labute approximate surface area is 116 Å². The summed E-state index contributed by atoms with van der Waals surface area (Å²) >= 11 is 1.27. The number of nitrogens with zero attached hydrogens (tertiary/aromatic N) is 2. The maximum Gasteiger partial charge on any atom is 0.336 e. The fraction of sp³-hybridized carbons (Fsp3) is 0.273. The number of hydrogen-bond donors (Lipinski definition) is 2. The molecule has 2 N–H and O–H groups in total. The maximum atomic E-state index is 12.0. The van der Waals surface area contributed by atoms with E-state index in [-0.39, 0.29) is 12.1 Å². The van der Waals surface area contributed by atoms with Crippen LogP contribution in [0.1, 0.15) is 10.4 Å². The van der Waals surface area contributed by atoms with Crippen LogP contribution in [-0.4, -0.2) is 46.1 Å². The number of hydrogen-bond acceptors (Lipinski definition) is 7. The number of aromatic nitrogens is 2. The third-order valence-corrected chi connectivity index (χ3v) is 3.29. The van der Waals surface area contributed by atoms with Crippen LogP contribution in [0, 0.1) is 0 Å². The van der Waals surface area contributed by atoms with Gasteiger partial charge < -0.3 is 15.2 Å². The Kier molecular flexibility index (Phi) is 4.11. The molecule has 106 valence electrons. The van der Waals surface area contributed by atoms with E-state index < -0.39 is 23.5 Å². The van der Waals surface area contributed by atoms with Crippen LogP contribution in [0.3, 0.4) is 0 Å². The third-order valence-electron chi connectivity index (χ3n) is 2.52. The maximum absolute atomic E-state index is 12.0. The average Bonchev–Trinajstić information content (AvgIpc) is 2.93. The molecular formula is C11H11N3O5S. The summed E-state index contributed by atoms with van der Waals surface area (Å²) in [6.07, 6.45) is 1.19. The van der Waals surface area contributed by atoms with Gasteiger partial charge in [0.1, 0.15) is 5.56 Å². The Bertz CT molecular complexity index is 707. The van der Waals surface area contributed by atoms with E-state index in [1.165, 1.54) is 21.9 Å². The second kappa shape index (κ2) is 5.80. The van der Waals surface area contributed by atoms with E-state index >= 15 is 0 Å². The van der Waals surface area contributed by atoms with Crippen molar-refractivity contribution in [2.45, 2.75) is 6.10 Å². The van der Waals surface area contributed by atoms with Crippen LogP contribution < -0.4 is 10.9 Å². The first kappa shape index (κ1) is 14.2. The molecule has 1 unspecified atom stereocenters. The molecule has 2 heterocycles. The highest BCUT2D eigenvalue weighted by Crippen LogP contribution is 2.05. The largest absolute Gasteiger partial charge is 0.467 e. The van der Waals surface area contributed by atoms with Crippen LogP contribution in [0.15, 0.2) is 22.6 Å². The molecule has 2 aromatic heterocycles. The number of fused-ring (bicyclic) bond motifs is 1. The van der Waals surface area contributed by atoms with Crippen LogP contribution in [0.25, 0.3) is 4.96 Å². The number of carbonyl (C=O) groups is 2. The Morgan fingerprint density at radius 3 is 3.05 bits per heavy atom. The molecule has 0 aromatic carbocycles. The number of nitrogens with one attached hydrogen (secondary N) is 1. The van der Waals surface area contributed by atoms with Gasteiger partial charge in [-0.3, -0.25) is 14.0 Å². The van der Waals surface area contributed by atoms with E-state index in [2.05, 4.69) is 15.0 Å². The lowest BCUT2D eigenvalue weighted by Gasteiger charge is -2.09. The predicted molar refractivity (Wildman–Crippen MR) is 69.7 cm³/mol. The summed E-state index contributed by atoms with van der Waals surface area (Å²) in [5.74, 6) is -1.58. The molecule has 20 heavy (non-hydrogen) atoms. The summed E-state index contributed by atoms with van der Waals surface area (Å²) in [6, 6.07) is 0. The summed E-state index contributed by atoms with van der Waals surface area (Å²) in [4.78, 5) is 39.2. The van der Waals surface area contributed by atoms with Gasteiger partial charge in [0.15, 0.2) is 11.1 Å². The molecule has 0 saturated heterocycles. The molecule has 0 radical (unpaired) electrons. The van der Waals surface area contributed by atoms with Crippen LogP contribution in [0.2, 0.25) is 0 Å². The summed E-state index contributed by atoms with van der Waals surface area (Å²) in [5, 5.41) is 13.3. The lowest BCUT2D eigenvalue weighted by atomic mass is 10.3. The minimum absolute atomic E-state index is 0.169. The zero-order valence-corrected chi connectivity index (χ0v) is 11.2. The number of thiazole rings is 1. The van der Waals surface area contributed by atoms with Crippen LogP contribution in [-0.2, 0) is 9.53 Å². The minimum atomic E-state index is -1.48. The second-order valence-corrected chi connectivity index (χ2v) is 4.65. The molecule has 1 atom stereocenters. The number of carbonyl (C=O) groups excluding carboxylic acids is 2. The number of rotatable bonds is 4. The van der Waals surface area contributed by atoms with Crippen molar-refractivity contribution in [2.24, 2.45) is 0 Å². The zero-order chi connectivity index (χ0) is 14.7. The van der Waals surface area contributed by atoms with Gasteiger partial charge >= 0.3 is 5.97 Å². The molecule has 0 aliphatic carbocycles. The van der Waals surface area contributed by atoms with Gasteiger partial charge in [-0.25, -0.2) is 9.78 Å². The van der Waals surface area contributed by atoms with Gasteiger partial charge in [-0.05, 0) is 0 Å². The van der Waals surface area contributed by atoms with Crippen molar-refractivity contribution < 1.29 is 19.4 Å². The molecule has 0 fully saturated rings. The molecule has 8 nitrogen and oxygen atoms in total. The summed E-state index contributed by atoms with van der Waals surface area (Å²) < 4.78 is 5.55. The summed E-state index contributed by atoms with van der Waals surface area (Å²) in [7, 11) is 1.12. The van der Waals surface area contributed by atoms with Crippen molar-refractivity contribution >= 4 is 28.2 Å². The Morgan fingerprint density at radius 1 is 1.60 bits per heavy atom. The second-order valence-electron chi connectivity index (χ2n) is 3.78. The fourth-order valence-corrected chi connectivity index (χ4v) is 2.16. The monoisotopic (exact) mass is 297 g/mol. The van der Waals surface area contributed by atoms with E-state index in [9.17, 15) is 19.5 Å². The van der Waals surface area contributed by atoms with Crippen LogP contribution in [0.5, 0.6) is 0 Å². The average molecular weight is 297 g/mol. The SMILES string of the molecule is COC(=O)C(O)CNC(=O)c1cnc2sccn2c1=O. The highest BCUT2D eigenvalue weighted by Gasteiger charge is 2.19. The van der Waals surface area contributed by atoms with Gasteiger partial charge in [0.2, 0.25) is 0 Å². The topological polar surface area (TPSA) is 110 Å². The molecule has 0 aliphatic rings. The van der Waals surface area contributed by atoms with Crippen molar-refractivity contribution in [1.29, 1.82) is 0 Å². The van der Waals surface area contributed by atoms with Crippen LogP contribution in [0.4, 0.5) is 0 Å². The van der Waals surface area contributed by atoms with Gasteiger partial charge in [-0.2, -0.15) is 0 Å². The first-order valence-electron chi connectivity index (χ1n) is 5.53. The molecule has 2 rings (SSSR count). The highest BCUT2D eigenvalue weighted by molar-refractivity contribution is 7.15. The van der Waals surface area contributed by atoms with Crippen molar-refractivity contribution in [2.75, 3.05) is 13.7 Å². The van der Waals surface area contributed by atoms with Crippen molar-refractivity contribution in [3.8, 4) is 0 Å². The fourth-order valence-electron chi connectivity index (χ4n) is 1.48. The first-order valence-corrected chi connectivity index (χ1v) is 6.41. The van der Waals surface area contributed by atoms with Crippen molar-refractivity contribution in [3.63, 3.8) is 0 Å². The highest BCUT2D eigenvalue weighted by atomic mass is 32.1. The Hall–Kier alpha value is -2.26. The van der Waals surface area contributed by atoms with E-state index in [1.54, 1.807) is 5.38 Å². The molecule has 9 heteroatoms. The smallest absolute Gasteiger partial charge is 0.336 e. The number of amides is 1. The molecule has 0 aliphatic heterocycles. The number of aliphatic hydroxyl groups is 1. The molecule has 0 bridgehead atoms. The minimum Gasteiger partial charge on any atom is -0.467 e. The molecule has 0 spiro atoms. The van der Waals surface area contributed by atoms with Gasteiger partial charge in [0.25, 0.3) is 11.5 Å². The van der Waals surface area contributed by atoms with E-state index in [0.29, 0.717) is 4.96 Å². The number of methoxy groups -OCH3 is 1. The van der Waals surface area contributed by atoms with E-state index in [4.69, 9.17) is 0 Å². The van der Waals surface area contributed by atoms with Gasteiger partial charge in [-0.15, -0.1) is 11.3 Å². The third kappa shape index (κ3) is 2.68. The normalized spacial score (nSPS) is 12.1. The van der Waals surface area contributed by atoms with Gasteiger partial charge in [-0.1, -0.05) is 0 Å². The predicted octanol–water partition coefficient (Wildman–Crippen LogP) is -0.980. The molecule has 2 aromatic rings. The van der Waals surface area contributed by atoms with Crippen LogP contribution >= 0.6 is 11.3 Å². The van der Waals surface area contributed by atoms with E-state index in [1.807, 2.05) is 0 Å². The van der Waals surface area contributed by atoms with E-state index in [0.717, 1.165) is 13.3 Å². The zero-order valence-electron chi connectivity index (χ0n) is 10.4.